The van der Waals surface area contributed by atoms with Gasteiger partial charge in [0.1, 0.15) is 11.4 Å². The maximum atomic E-state index is 12.6. The number of likely N-dealkylation sites (tertiary alicyclic amines) is 1. The number of likely N-dealkylation sites (N-methyl/N-ethyl adjacent to an activating group) is 1. The van der Waals surface area contributed by atoms with Crippen LogP contribution in [-0.2, 0) is 4.79 Å². The molecule has 2 N–H and O–H groups in total. The molecule has 2 amide bonds. The minimum Gasteiger partial charge on any atom is -0.496 e. The number of para-hydroxylation sites is 1. The molecule has 0 saturated carbocycles. The van der Waals surface area contributed by atoms with Gasteiger partial charge in [-0.25, -0.2) is 4.98 Å². The average molecular weight is 370 g/mol. The Morgan fingerprint density at radius 2 is 2.00 bits per heavy atom. The molecule has 144 valence electrons. The molecule has 2 aromatic rings. The number of hydrogen-bond acceptors (Lipinski definition) is 5. The second-order valence-electron chi connectivity index (χ2n) is 6.86. The second-order valence-corrected chi connectivity index (χ2v) is 6.86. The molecule has 0 aliphatic carbocycles. The van der Waals surface area contributed by atoms with Crippen molar-refractivity contribution in [2.75, 3.05) is 27.7 Å². The molecule has 7 nitrogen and oxygen atoms in total. The lowest BCUT2D eigenvalue weighted by atomic mass is 10.1. The normalized spacial score (nSPS) is 19.8. The SMILES string of the molecule is CNC(=O)C[C@H]1CC[C@@H](CNC(=O)c2cc(OC)c3ccccc3n2)N1C. The molecule has 27 heavy (non-hydrogen) atoms. The number of rotatable bonds is 6. The van der Waals surface area contributed by atoms with Crippen molar-refractivity contribution >= 4 is 22.7 Å². The Morgan fingerprint density at radius 3 is 2.74 bits per heavy atom. The molecule has 1 aliphatic rings. The molecule has 1 fully saturated rings. The lowest BCUT2D eigenvalue weighted by molar-refractivity contribution is -0.121. The number of carbonyl (C=O) groups excluding carboxylic acids is 2. The van der Waals surface area contributed by atoms with Crippen molar-refractivity contribution in [1.29, 1.82) is 0 Å². The van der Waals surface area contributed by atoms with Crippen molar-refractivity contribution in [3.63, 3.8) is 0 Å². The summed E-state index contributed by atoms with van der Waals surface area (Å²) in [6.45, 7) is 0.524. The van der Waals surface area contributed by atoms with E-state index in [1.54, 1.807) is 20.2 Å². The van der Waals surface area contributed by atoms with Gasteiger partial charge in [-0.15, -0.1) is 0 Å². The molecule has 0 unspecified atom stereocenters. The van der Waals surface area contributed by atoms with Crippen LogP contribution in [0.2, 0.25) is 0 Å². The van der Waals surface area contributed by atoms with Gasteiger partial charge in [0.05, 0.1) is 12.6 Å². The summed E-state index contributed by atoms with van der Waals surface area (Å²) in [5.41, 5.74) is 1.07. The predicted octanol–water partition coefficient (Wildman–Crippen LogP) is 1.57. The third-order valence-corrected chi connectivity index (χ3v) is 5.31. The molecule has 3 rings (SSSR count). The number of pyridine rings is 1. The molecule has 1 aliphatic heterocycles. The number of amides is 2. The largest absolute Gasteiger partial charge is 0.496 e. The molecule has 0 radical (unpaired) electrons. The van der Waals surface area contributed by atoms with Crippen molar-refractivity contribution in [2.24, 2.45) is 0 Å². The van der Waals surface area contributed by atoms with Crippen LogP contribution in [0.3, 0.4) is 0 Å². The van der Waals surface area contributed by atoms with Crippen LogP contribution in [0.25, 0.3) is 10.9 Å². The zero-order valence-electron chi connectivity index (χ0n) is 16.0. The van der Waals surface area contributed by atoms with Crippen LogP contribution in [-0.4, -0.2) is 61.5 Å². The van der Waals surface area contributed by atoms with E-state index in [0.717, 1.165) is 23.7 Å². The lowest BCUT2D eigenvalue weighted by Gasteiger charge is -2.25. The van der Waals surface area contributed by atoms with Gasteiger partial charge in [-0.05, 0) is 32.0 Å². The third kappa shape index (κ3) is 4.19. The lowest BCUT2D eigenvalue weighted by Crippen LogP contribution is -2.42. The van der Waals surface area contributed by atoms with E-state index < -0.39 is 0 Å². The van der Waals surface area contributed by atoms with Crippen LogP contribution >= 0.6 is 0 Å². The summed E-state index contributed by atoms with van der Waals surface area (Å²) < 4.78 is 5.41. The summed E-state index contributed by atoms with van der Waals surface area (Å²) in [5, 5.41) is 6.52. The smallest absolute Gasteiger partial charge is 0.270 e. The van der Waals surface area contributed by atoms with E-state index in [1.165, 1.54) is 0 Å². The maximum absolute atomic E-state index is 12.6. The van der Waals surface area contributed by atoms with Crippen LogP contribution in [0.5, 0.6) is 5.75 Å². The highest BCUT2D eigenvalue weighted by Crippen LogP contribution is 2.26. The highest BCUT2D eigenvalue weighted by Gasteiger charge is 2.31. The first-order valence-electron chi connectivity index (χ1n) is 9.18. The Labute approximate surface area is 159 Å². The monoisotopic (exact) mass is 370 g/mol. The third-order valence-electron chi connectivity index (χ3n) is 5.31. The molecule has 7 heteroatoms. The van der Waals surface area contributed by atoms with Crippen molar-refractivity contribution in [3.05, 3.63) is 36.0 Å². The Morgan fingerprint density at radius 1 is 1.26 bits per heavy atom. The average Bonchev–Trinajstić information content (AvgIpc) is 3.04. The van der Waals surface area contributed by atoms with Gasteiger partial charge in [0, 0.05) is 43.5 Å². The minimum atomic E-state index is -0.220. The Kier molecular flexibility index (Phi) is 5.91. The van der Waals surface area contributed by atoms with Gasteiger partial charge in [0.25, 0.3) is 5.91 Å². The number of fused-ring (bicyclic) bond motifs is 1. The molecule has 1 aromatic carbocycles. The van der Waals surface area contributed by atoms with Crippen LogP contribution in [0.15, 0.2) is 30.3 Å². The Bertz CT molecular complexity index is 839. The number of benzene rings is 1. The van der Waals surface area contributed by atoms with Gasteiger partial charge in [-0.1, -0.05) is 12.1 Å². The number of nitrogens with one attached hydrogen (secondary N) is 2. The molecule has 0 bridgehead atoms. The van der Waals surface area contributed by atoms with E-state index in [4.69, 9.17) is 4.74 Å². The zero-order chi connectivity index (χ0) is 19.4. The maximum Gasteiger partial charge on any atom is 0.270 e. The van der Waals surface area contributed by atoms with Gasteiger partial charge in [0.2, 0.25) is 5.91 Å². The summed E-state index contributed by atoms with van der Waals surface area (Å²) >= 11 is 0. The van der Waals surface area contributed by atoms with Crippen LogP contribution in [0, 0.1) is 0 Å². The van der Waals surface area contributed by atoms with Crippen molar-refractivity contribution in [1.82, 2.24) is 20.5 Å². The van der Waals surface area contributed by atoms with E-state index in [-0.39, 0.29) is 23.9 Å². The number of carbonyl (C=O) groups is 2. The minimum absolute atomic E-state index is 0.0454. The second kappa shape index (κ2) is 8.35. The predicted molar refractivity (Wildman–Crippen MR) is 104 cm³/mol. The number of methoxy groups -OCH3 is 1. The first-order chi connectivity index (χ1) is 13.0. The molecule has 1 saturated heterocycles. The summed E-state index contributed by atoms with van der Waals surface area (Å²) in [4.78, 5) is 30.9. The van der Waals surface area contributed by atoms with Crippen molar-refractivity contribution in [2.45, 2.75) is 31.3 Å². The van der Waals surface area contributed by atoms with E-state index in [0.29, 0.717) is 24.4 Å². The van der Waals surface area contributed by atoms with E-state index >= 15 is 0 Å². The topological polar surface area (TPSA) is 83.6 Å². The summed E-state index contributed by atoms with van der Waals surface area (Å²) in [6.07, 6.45) is 2.39. The Balaban J connectivity index is 1.64. The molecule has 1 aromatic heterocycles. The number of ether oxygens (including phenoxy) is 1. The van der Waals surface area contributed by atoms with Gasteiger partial charge < -0.3 is 15.4 Å². The fourth-order valence-electron chi connectivity index (χ4n) is 3.63. The van der Waals surface area contributed by atoms with Gasteiger partial charge in [0.15, 0.2) is 0 Å². The van der Waals surface area contributed by atoms with Gasteiger partial charge in [-0.2, -0.15) is 0 Å². The molecular formula is C20H26N4O3. The molecular weight excluding hydrogens is 344 g/mol. The van der Waals surface area contributed by atoms with Crippen LogP contribution in [0.1, 0.15) is 29.8 Å². The fourth-order valence-corrected chi connectivity index (χ4v) is 3.63. The first kappa shape index (κ1) is 19.1. The highest BCUT2D eigenvalue weighted by molar-refractivity contribution is 5.97. The fraction of sp³-hybridized carbons (Fsp3) is 0.450. The summed E-state index contributed by atoms with van der Waals surface area (Å²) in [6, 6.07) is 9.68. The quantitative estimate of drug-likeness (QED) is 0.807. The number of aromatic nitrogens is 1. The van der Waals surface area contributed by atoms with Gasteiger partial charge in [-0.3, -0.25) is 14.5 Å². The van der Waals surface area contributed by atoms with Crippen LogP contribution < -0.4 is 15.4 Å². The summed E-state index contributed by atoms with van der Waals surface area (Å²) in [5.74, 6) is 0.459. The van der Waals surface area contributed by atoms with Crippen molar-refractivity contribution < 1.29 is 14.3 Å². The first-order valence-corrected chi connectivity index (χ1v) is 9.18. The van der Waals surface area contributed by atoms with Crippen LogP contribution in [0.4, 0.5) is 0 Å². The number of nitrogens with zero attached hydrogens (tertiary/aromatic N) is 2. The van der Waals surface area contributed by atoms with E-state index in [9.17, 15) is 9.59 Å². The zero-order valence-corrected chi connectivity index (χ0v) is 16.0. The van der Waals surface area contributed by atoms with Gasteiger partial charge >= 0.3 is 0 Å². The van der Waals surface area contributed by atoms with E-state index in [1.807, 2.05) is 31.3 Å². The van der Waals surface area contributed by atoms with Crippen molar-refractivity contribution in [3.8, 4) is 5.75 Å². The standard InChI is InChI=1S/C20H26N4O3/c1-21-19(25)10-13-8-9-14(24(13)2)12-22-20(26)17-11-18(27-3)15-6-4-5-7-16(15)23-17/h4-7,11,13-14H,8-10,12H2,1-3H3,(H,21,25)(H,22,26)/t13-,14+/m1/s1. The van der Waals surface area contributed by atoms with E-state index in [2.05, 4.69) is 20.5 Å². The molecule has 2 atom stereocenters. The molecule has 2 heterocycles. The number of hydrogen-bond donors (Lipinski definition) is 2. The highest BCUT2D eigenvalue weighted by atomic mass is 16.5. The molecule has 0 spiro atoms. The Hall–Kier alpha value is -2.67. The summed E-state index contributed by atoms with van der Waals surface area (Å²) in [7, 11) is 5.25.